The Bertz CT molecular complexity index is 905. The zero-order valence-corrected chi connectivity index (χ0v) is 15.7. The van der Waals surface area contributed by atoms with Gasteiger partial charge in [0, 0.05) is 16.7 Å². The fourth-order valence-corrected chi connectivity index (χ4v) is 3.31. The highest BCUT2D eigenvalue weighted by molar-refractivity contribution is 5.96. The highest BCUT2D eigenvalue weighted by Gasteiger charge is 2.44. The Morgan fingerprint density at radius 1 is 1.19 bits per heavy atom. The molecule has 2 N–H and O–H groups in total. The van der Waals surface area contributed by atoms with Crippen LogP contribution in [0.25, 0.3) is 0 Å². The quantitative estimate of drug-likeness (QED) is 0.812. The molecule has 1 aliphatic heterocycles. The second-order valence-electron chi connectivity index (χ2n) is 7.37. The number of carbonyl (C=O) groups excluding carboxylic acids is 2. The zero-order chi connectivity index (χ0) is 19.9. The first-order chi connectivity index (χ1) is 12.6. The van der Waals surface area contributed by atoms with E-state index in [0.29, 0.717) is 16.9 Å². The van der Waals surface area contributed by atoms with E-state index >= 15 is 0 Å². The molecule has 2 atom stereocenters. The lowest BCUT2D eigenvalue weighted by Crippen LogP contribution is -2.53. The molecule has 1 amide bonds. The van der Waals surface area contributed by atoms with E-state index in [0.717, 1.165) is 5.56 Å². The lowest BCUT2D eigenvalue weighted by atomic mass is 9.84. The van der Waals surface area contributed by atoms with Gasteiger partial charge in [-0.25, -0.2) is 4.39 Å². The third-order valence-corrected chi connectivity index (χ3v) is 4.87. The fourth-order valence-electron chi connectivity index (χ4n) is 3.31. The molecule has 0 aromatic heterocycles. The molecule has 0 radical (unpaired) electrons. The number of fused-ring (bicyclic) bond motifs is 1. The number of rotatable bonds is 3. The average molecular weight is 371 g/mol. The second-order valence-corrected chi connectivity index (χ2v) is 7.37. The zero-order valence-electron chi connectivity index (χ0n) is 15.7. The van der Waals surface area contributed by atoms with E-state index < -0.39 is 29.5 Å². The van der Waals surface area contributed by atoms with Crippen LogP contribution in [0.4, 0.5) is 4.39 Å². The number of halogens is 1. The highest BCUT2D eigenvalue weighted by Crippen LogP contribution is 2.41. The van der Waals surface area contributed by atoms with Crippen molar-refractivity contribution in [1.82, 2.24) is 5.32 Å². The van der Waals surface area contributed by atoms with E-state index in [9.17, 15) is 19.1 Å². The summed E-state index contributed by atoms with van der Waals surface area (Å²) >= 11 is 0. The van der Waals surface area contributed by atoms with Gasteiger partial charge in [-0.1, -0.05) is 0 Å². The first kappa shape index (κ1) is 19.0. The molecule has 142 valence electrons. The van der Waals surface area contributed by atoms with Crippen LogP contribution >= 0.6 is 0 Å². The first-order valence-corrected chi connectivity index (χ1v) is 8.69. The lowest BCUT2D eigenvalue weighted by Gasteiger charge is -2.42. The maximum Gasteiger partial charge on any atom is 0.251 e. The minimum absolute atomic E-state index is 0.113. The molecule has 0 bridgehead atoms. The van der Waals surface area contributed by atoms with Crippen LogP contribution in [0, 0.1) is 12.7 Å². The van der Waals surface area contributed by atoms with Crippen LogP contribution in [0.15, 0.2) is 36.4 Å². The average Bonchev–Trinajstić information content (AvgIpc) is 2.58. The van der Waals surface area contributed by atoms with Gasteiger partial charge < -0.3 is 15.2 Å². The van der Waals surface area contributed by atoms with Crippen LogP contribution in [0.2, 0.25) is 0 Å². The van der Waals surface area contributed by atoms with Crippen molar-refractivity contribution in [2.45, 2.75) is 45.4 Å². The van der Waals surface area contributed by atoms with Crippen molar-refractivity contribution in [2.75, 3.05) is 0 Å². The molecule has 2 aromatic rings. The summed E-state index contributed by atoms with van der Waals surface area (Å²) in [5, 5.41) is 13.6. The van der Waals surface area contributed by atoms with Gasteiger partial charge in [0.05, 0.1) is 6.04 Å². The van der Waals surface area contributed by atoms with Gasteiger partial charge in [0.25, 0.3) is 5.91 Å². The second kappa shape index (κ2) is 6.78. The minimum Gasteiger partial charge on any atom is -0.485 e. The Labute approximate surface area is 157 Å². The number of amides is 1. The highest BCUT2D eigenvalue weighted by atomic mass is 19.1. The molecule has 3 rings (SSSR count). The van der Waals surface area contributed by atoms with Gasteiger partial charge in [0.2, 0.25) is 0 Å². The van der Waals surface area contributed by atoms with Crippen LogP contribution in [0.3, 0.4) is 0 Å². The van der Waals surface area contributed by atoms with Crippen molar-refractivity contribution in [2.24, 2.45) is 0 Å². The predicted octanol–water partition coefficient (Wildman–Crippen LogP) is 3.34. The molecule has 27 heavy (non-hydrogen) atoms. The number of aliphatic hydroxyl groups is 1. The number of carbonyl (C=O) groups is 2. The molecule has 0 spiro atoms. The summed E-state index contributed by atoms with van der Waals surface area (Å²) in [4.78, 5) is 24.5. The smallest absolute Gasteiger partial charge is 0.251 e. The van der Waals surface area contributed by atoms with Crippen molar-refractivity contribution in [3.8, 4) is 5.75 Å². The lowest BCUT2D eigenvalue weighted by molar-refractivity contribution is -0.0628. The third-order valence-electron chi connectivity index (χ3n) is 4.87. The number of aliphatic hydroxyl groups excluding tert-OH is 1. The largest absolute Gasteiger partial charge is 0.485 e. The predicted molar refractivity (Wildman–Crippen MR) is 98.5 cm³/mol. The standard InChI is InChI=1S/C21H22FNO4/c1-11-9-17-16(10-15(11)12(2)24)18(19(25)21(3,4)27-17)23-20(26)13-5-7-14(22)8-6-13/h5-10,18-19,25H,1-4H3,(H,23,26)/t18-,19+/m1/s1. The van der Waals surface area contributed by atoms with E-state index in [1.165, 1.54) is 31.2 Å². The summed E-state index contributed by atoms with van der Waals surface area (Å²) in [5.74, 6) is -0.492. The maximum absolute atomic E-state index is 13.1. The summed E-state index contributed by atoms with van der Waals surface area (Å²) in [6, 6.07) is 7.77. The van der Waals surface area contributed by atoms with Crippen molar-refractivity contribution in [3.63, 3.8) is 0 Å². The Balaban J connectivity index is 2.03. The Hall–Kier alpha value is -2.73. The number of nitrogens with one attached hydrogen (secondary N) is 1. The van der Waals surface area contributed by atoms with Gasteiger partial charge >= 0.3 is 0 Å². The fraction of sp³-hybridized carbons (Fsp3) is 0.333. The molecule has 0 saturated carbocycles. The number of hydrogen-bond donors (Lipinski definition) is 2. The van der Waals surface area contributed by atoms with Crippen LogP contribution in [-0.4, -0.2) is 28.5 Å². The van der Waals surface area contributed by atoms with Crippen molar-refractivity contribution in [1.29, 1.82) is 0 Å². The third kappa shape index (κ3) is 3.57. The molecule has 1 heterocycles. The number of ketones is 1. The monoisotopic (exact) mass is 371 g/mol. The molecule has 0 fully saturated rings. The topological polar surface area (TPSA) is 75.6 Å². The van der Waals surface area contributed by atoms with Crippen LogP contribution < -0.4 is 10.1 Å². The van der Waals surface area contributed by atoms with Gasteiger partial charge in [0.1, 0.15) is 23.3 Å². The molecule has 1 aliphatic rings. The molecule has 0 saturated heterocycles. The molecule has 0 aliphatic carbocycles. The van der Waals surface area contributed by atoms with E-state index in [1.807, 2.05) is 6.92 Å². The number of Topliss-reactive ketones (excluding diaryl/α,β-unsaturated/α-hetero) is 1. The molecule has 6 heteroatoms. The van der Waals surface area contributed by atoms with Crippen LogP contribution in [0.5, 0.6) is 5.75 Å². The summed E-state index contributed by atoms with van der Waals surface area (Å²) < 4.78 is 19.0. The van der Waals surface area contributed by atoms with E-state index in [2.05, 4.69) is 5.32 Å². The van der Waals surface area contributed by atoms with Crippen LogP contribution in [-0.2, 0) is 0 Å². The number of benzene rings is 2. The molecule has 2 aromatic carbocycles. The van der Waals surface area contributed by atoms with E-state index in [4.69, 9.17) is 4.74 Å². The van der Waals surface area contributed by atoms with Crippen LogP contribution in [0.1, 0.15) is 58.7 Å². The summed E-state index contributed by atoms with van der Waals surface area (Å²) in [5.41, 5.74) is 1.13. The maximum atomic E-state index is 13.1. The van der Waals surface area contributed by atoms with E-state index in [-0.39, 0.29) is 11.3 Å². The number of aryl methyl sites for hydroxylation is 1. The number of hydrogen-bond acceptors (Lipinski definition) is 4. The molecular formula is C21H22FNO4. The van der Waals surface area contributed by atoms with Crippen molar-refractivity contribution >= 4 is 11.7 Å². The van der Waals surface area contributed by atoms with Gasteiger partial charge in [-0.2, -0.15) is 0 Å². The normalized spacial score (nSPS) is 20.4. The van der Waals surface area contributed by atoms with Gasteiger partial charge in [-0.3, -0.25) is 9.59 Å². The van der Waals surface area contributed by atoms with Crippen molar-refractivity contribution < 1.29 is 23.8 Å². The molecule has 0 unspecified atom stereocenters. The molecular weight excluding hydrogens is 349 g/mol. The summed E-state index contributed by atoms with van der Waals surface area (Å²) in [6.07, 6.45) is -1.04. The summed E-state index contributed by atoms with van der Waals surface area (Å²) in [7, 11) is 0. The SMILES string of the molecule is CC(=O)c1cc2c(cc1C)OC(C)(C)[C@@H](O)[C@@H]2NC(=O)c1ccc(F)cc1. The van der Waals surface area contributed by atoms with Gasteiger partial charge in [0.15, 0.2) is 5.78 Å². The van der Waals surface area contributed by atoms with Crippen molar-refractivity contribution in [3.05, 3.63) is 64.5 Å². The van der Waals surface area contributed by atoms with Gasteiger partial charge in [-0.15, -0.1) is 0 Å². The Morgan fingerprint density at radius 3 is 2.41 bits per heavy atom. The first-order valence-electron chi connectivity index (χ1n) is 8.69. The van der Waals surface area contributed by atoms with E-state index in [1.54, 1.807) is 26.0 Å². The number of ether oxygens (including phenoxy) is 1. The minimum atomic E-state index is -1.04. The molecule has 5 nitrogen and oxygen atoms in total. The Morgan fingerprint density at radius 2 is 1.81 bits per heavy atom. The van der Waals surface area contributed by atoms with Gasteiger partial charge in [-0.05, 0) is 69.7 Å². The summed E-state index contributed by atoms with van der Waals surface area (Å²) in [6.45, 7) is 6.73. The Kier molecular flexibility index (Phi) is 4.78.